The van der Waals surface area contributed by atoms with Crippen molar-refractivity contribution in [2.75, 3.05) is 26.7 Å². The summed E-state index contributed by atoms with van der Waals surface area (Å²) in [7, 11) is 1.77. The van der Waals surface area contributed by atoms with Crippen molar-refractivity contribution < 1.29 is 4.74 Å². The van der Waals surface area contributed by atoms with Crippen LogP contribution in [0.15, 0.2) is 36.7 Å². The third-order valence-corrected chi connectivity index (χ3v) is 5.08. The lowest BCUT2D eigenvalue weighted by Gasteiger charge is -2.16. The molecule has 1 aliphatic heterocycles. The van der Waals surface area contributed by atoms with Crippen LogP contribution >= 0.6 is 11.6 Å². The molecule has 1 aromatic carbocycles. The number of ether oxygens (including phenoxy) is 1. The largest absolute Gasteiger partial charge is 0.379 e. The maximum Gasteiger partial charge on any atom is 0.0894 e. The third-order valence-electron chi connectivity index (χ3n) is 4.85. The van der Waals surface area contributed by atoms with Gasteiger partial charge in [0.05, 0.1) is 18.0 Å². The Bertz CT molecular complexity index is 816. The summed E-state index contributed by atoms with van der Waals surface area (Å²) in [5, 5.41) is 12.8. The molecule has 1 saturated heterocycles. The van der Waals surface area contributed by atoms with Crippen LogP contribution in [0.4, 0.5) is 0 Å². The first-order valence-electron chi connectivity index (χ1n) is 8.10. The number of hydrogen-bond acceptors (Lipinski definition) is 4. The van der Waals surface area contributed by atoms with Crippen LogP contribution in [0.2, 0.25) is 5.02 Å². The highest BCUT2D eigenvalue weighted by Crippen LogP contribution is 2.28. The second-order valence-corrected chi connectivity index (χ2v) is 6.68. The number of nitrogens with zero attached hydrogens (tertiary/aromatic N) is 4. The zero-order chi connectivity index (χ0) is 16.5. The van der Waals surface area contributed by atoms with E-state index in [-0.39, 0.29) is 12.0 Å². The van der Waals surface area contributed by atoms with E-state index in [0.29, 0.717) is 0 Å². The lowest BCUT2D eigenvalue weighted by atomic mass is 10.0. The molecule has 24 heavy (non-hydrogen) atoms. The molecule has 1 N–H and O–H groups in total. The minimum absolute atomic E-state index is 0.162. The first kappa shape index (κ1) is 15.6. The van der Waals surface area contributed by atoms with Gasteiger partial charge in [0.15, 0.2) is 0 Å². The molecule has 2 atom stereocenters. The van der Waals surface area contributed by atoms with Crippen molar-refractivity contribution in [3.05, 3.63) is 47.4 Å². The molecule has 0 aliphatic carbocycles. The van der Waals surface area contributed by atoms with Gasteiger partial charge >= 0.3 is 0 Å². The van der Waals surface area contributed by atoms with Gasteiger partial charge in [-0.2, -0.15) is 15.4 Å². The van der Waals surface area contributed by atoms with E-state index in [2.05, 4.69) is 43.2 Å². The monoisotopic (exact) mass is 345 g/mol. The van der Waals surface area contributed by atoms with Crippen LogP contribution in [-0.4, -0.2) is 57.7 Å². The maximum absolute atomic E-state index is 6.06. The zero-order valence-corrected chi connectivity index (χ0v) is 14.3. The summed E-state index contributed by atoms with van der Waals surface area (Å²) in [4.78, 5) is 2.43. The fourth-order valence-corrected chi connectivity index (χ4v) is 3.74. The Labute approximate surface area is 145 Å². The molecule has 3 aromatic rings. The van der Waals surface area contributed by atoms with Crippen LogP contribution in [0.25, 0.3) is 10.9 Å². The second kappa shape index (κ2) is 6.55. The lowest BCUT2D eigenvalue weighted by molar-refractivity contribution is 0.0961. The fourth-order valence-electron chi connectivity index (χ4n) is 3.56. The van der Waals surface area contributed by atoms with E-state index in [1.54, 1.807) is 13.3 Å². The topological polar surface area (TPSA) is 59.0 Å². The average Bonchev–Trinajstić information content (AvgIpc) is 3.31. The Morgan fingerprint density at radius 3 is 3.00 bits per heavy atom. The fraction of sp³-hybridized carbons (Fsp3) is 0.412. The van der Waals surface area contributed by atoms with Crippen molar-refractivity contribution in [1.29, 1.82) is 0 Å². The molecule has 2 aromatic heterocycles. The van der Waals surface area contributed by atoms with E-state index in [0.717, 1.165) is 36.9 Å². The van der Waals surface area contributed by atoms with E-state index >= 15 is 0 Å². The molecule has 0 unspecified atom stereocenters. The summed E-state index contributed by atoms with van der Waals surface area (Å²) in [6.45, 7) is 3.77. The molecule has 7 heteroatoms. The molecule has 4 rings (SSSR count). The molecule has 0 saturated carbocycles. The van der Waals surface area contributed by atoms with E-state index in [1.807, 2.05) is 12.1 Å². The number of fused-ring (bicyclic) bond motifs is 1. The summed E-state index contributed by atoms with van der Waals surface area (Å²) in [5.41, 5.74) is 2.19. The average molecular weight is 346 g/mol. The minimum Gasteiger partial charge on any atom is -0.379 e. The Morgan fingerprint density at radius 1 is 1.29 bits per heavy atom. The van der Waals surface area contributed by atoms with Crippen LogP contribution < -0.4 is 0 Å². The molecule has 6 nitrogen and oxygen atoms in total. The van der Waals surface area contributed by atoms with Gasteiger partial charge in [-0.15, -0.1) is 0 Å². The number of nitrogens with one attached hydrogen (secondary N) is 1. The van der Waals surface area contributed by atoms with Crippen molar-refractivity contribution in [3.8, 4) is 0 Å². The maximum atomic E-state index is 6.06. The van der Waals surface area contributed by atoms with Gasteiger partial charge in [-0.1, -0.05) is 11.6 Å². The molecule has 3 heterocycles. The summed E-state index contributed by atoms with van der Waals surface area (Å²) in [6, 6.07) is 8.14. The third kappa shape index (κ3) is 2.92. The van der Waals surface area contributed by atoms with E-state index < -0.39 is 0 Å². The van der Waals surface area contributed by atoms with Gasteiger partial charge in [-0.3, -0.25) is 4.90 Å². The quantitative estimate of drug-likeness (QED) is 0.772. The summed E-state index contributed by atoms with van der Waals surface area (Å²) >= 11 is 6.06. The molecule has 1 fully saturated rings. The number of H-pyrrole nitrogens is 1. The smallest absolute Gasteiger partial charge is 0.0894 e. The lowest BCUT2D eigenvalue weighted by Crippen LogP contribution is -2.26. The van der Waals surface area contributed by atoms with Crippen LogP contribution in [0.3, 0.4) is 0 Å². The van der Waals surface area contributed by atoms with Crippen LogP contribution in [-0.2, 0) is 11.3 Å². The molecule has 0 bridgehead atoms. The molecule has 126 valence electrons. The standard InChI is InChI=1S/C17H20ClN5O/c1-24-17-11-22(10-14(17)15-9-19-21-20-15)6-7-23-5-4-12-8-13(18)2-3-16(12)23/h2-5,8-9,14,17H,6-7,10-11H2,1H3,(H,19,20,21)/t14-,17+/m0/s1. The molecular weight excluding hydrogens is 326 g/mol. The number of methoxy groups -OCH3 is 1. The van der Waals surface area contributed by atoms with Gasteiger partial charge in [0.1, 0.15) is 0 Å². The minimum atomic E-state index is 0.162. The zero-order valence-electron chi connectivity index (χ0n) is 13.5. The number of halogens is 1. The Kier molecular flexibility index (Phi) is 4.26. The van der Waals surface area contributed by atoms with Crippen LogP contribution in [0.1, 0.15) is 11.6 Å². The summed E-state index contributed by atoms with van der Waals surface area (Å²) < 4.78 is 7.93. The molecule has 0 spiro atoms. The normalized spacial score (nSPS) is 21.8. The second-order valence-electron chi connectivity index (χ2n) is 6.25. The highest BCUT2D eigenvalue weighted by molar-refractivity contribution is 6.31. The Morgan fingerprint density at radius 2 is 2.21 bits per heavy atom. The van der Waals surface area contributed by atoms with Crippen LogP contribution in [0.5, 0.6) is 0 Å². The van der Waals surface area contributed by atoms with Crippen molar-refractivity contribution in [3.63, 3.8) is 0 Å². The van der Waals surface area contributed by atoms with Crippen LogP contribution in [0, 0.1) is 0 Å². The van der Waals surface area contributed by atoms with Crippen molar-refractivity contribution in [1.82, 2.24) is 24.9 Å². The van der Waals surface area contributed by atoms with E-state index in [4.69, 9.17) is 16.3 Å². The highest BCUT2D eigenvalue weighted by atomic mass is 35.5. The number of benzene rings is 1. The molecule has 0 amide bonds. The van der Waals surface area contributed by atoms with Gasteiger partial charge < -0.3 is 9.30 Å². The number of hydrogen-bond donors (Lipinski definition) is 1. The predicted molar refractivity (Wildman–Crippen MR) is 93.3 cm³/mol. The molecule has 0 radical (unpaired) electrons. The number of aromatic amines is 1. The summed E-state index contributed by atoms with van der Waals surface area (Å²) in [6.07, 6.45) is 4.08. The van der Waals surface area contributed by atoms with Gasteiger partial charge in [-0.25, -0.2) is 0 Å². The highest BCUT2D eigenvalue weighted by Gasteiger charge is 2.35. The van der Waals surface area contributed by atoms with E-state index in [1.165, 1.54) is 10.9 Å². The van der Waals surface area contributed by atoms with Crippen molar-refractivity contribution in [2.45, 2.75) is 18.6 Å². The predicted octanol–water partition coefficient (Wildman–Crippen LogP) is 2.53. The Balaban J connectivity index is 1.44. The van der Waals surface area contributed by atoms with Gasteiger partial charge in [0.25, 0.3) is 0 Å². The number of aromatic nitrogens is 4. The number of rotatable bonds is 5. The SMILES string of the molecule is CO[C@@H]1CN(CCn2ccc3cc(Cl)ccc32)C[C@H]1c1cn[nH]n1. The first-order chi connectivity index (χ1) is 11.7. The Hall–Kier alpha value is -1.89. The molecular formula is C17H20ClN5O. The first-order valence-corrected chi connectivity index (χ1v) is 8.47. The van der Waals surface area contributed by atoms with Gasteiger partial charge in [-0.05, 0) is 24.3 Å². The summed E-state index contributed by atoms with van der Waals surface area (Å²) in [5.74, 6) is 0.272. The molecule has 1 aliphatic rings. The number of likely N-dealkylation sites (tertiary alicyclic amines) is 1. The van der Waals surface area contributed by atoms with Gasteiger partial charge in [0, 0.05) is 61.3 Å². The van der Waals surface area contributed by atoms with Crippen molar-refractivity contribution in [2.24, 2.45) is 0 Å². The van der Waals surface area contributed by atoms with E-state index in [9.17, 15) is 0 Å². The van der Waals surface area contributed by atoms with Gasteiger partial charge in [0.2, 0.25) is 0 Å². The van der Waals surface area contributed by atoms with Crippen molar-refractivity contribution >= 4 is 22.5 Å².